The lowest BCUT2D eigenvalue weighted by Gasteiger charge is -2.08. The molecule has 0 aliphatic carbocycles. The van der Waals surface area contributed by atoms with Crippen molar-refractivity contribution >= 4 is 16.7 Å². The molecule has 0 fully saturated rings. The van der Waals surface area contributed by atoms with Crippen molar-refractivity contribution in [3.05, 3.63) is 75.6 Å². The van der Waals surface area contributed by atoms with Gasteiger partial charge in [-0.15, -0.1) is 0 Å². The van der Waals surface area contributed by atoms with Gasteiger partial charge in [0.25, 0.3) is 0 Å². The van der Waals surface area contributed by atoms with Gasteiger partial charge in [-0.2, -0.15) is 0 Å². The highest BCUT2D eigenvalue weighted by molar-refractivity contribution is 5.96. The Morgan fingerprint density at radius 2 is 1.76 bits per heavy atom. The minimum absolute atomic E-state index is 0.225. The smallest absolute Gasteiger partial charge is 0.346 e. The number of benzene rings is 2. The molecule has 0 saturated carbocycles. The topological polar surface area (TPSA) is 56.5 Å². The molecule has 2 aromatic carbocycles. The van der Waals surface area contributed by atoms with Crippen molar-refractivity contribution in [2.24, 2.45) is 0 Å². The van der Waals surface area contributed by atoms with Gasteiger partial charge in [-0.3, -0.25) is 0 Å². The van der Waals surface area contributed by atoms with Crippen LogP contribution in [0.25, 0.3) is 10.8 Å². The third-order valence-electron chi connectivity index (χ3n) is 4.84. The zero-order chi connectivity index (χ0) is 20.8. The van der Waals surface area contributed by atoms with Crippen molar-refractivity contribution in [2.75, 3.05) is 0 Å². The Labute approximate surface area is 169 Å². The second kappa shape index (κ2) is 9.50. The van der Waals surface area contributed by atoms with E-state index in [1.165, 1.54) is 6.07 Å². The van der Waals surface area contributed by atoms with Gasteiger partial charge in [-0.25, -0.2) is 14.0 Å². The molecule has 5 heteroatoms. The van der Waals surface area contributed by atoms with Crippen LogP contribution in [0.2, 0.25) is 0 Å². The second-order valence-corrected chi connectivity index (χ2v) is 7.13. The molecule has 0 bridgehead atoms. The van der Waals surface area contributed by atoms with Gasteiger partial charge in [-0.1, -0.05) is 51.3 Å². The lowest BCUT2D eigenvalue weighted by molar-refractivity contribution is 0.0730. The first kappa shape index (κ1) is 20.8. The summed E-state index contributed by atoms with van der Waals surface area (Å²) in [7, 11) is 0. The van der Waals surface area contributed by atoms with E-state index < -0.39 is 17.4 Å². The number of fused-ring (bicyclic) bond motifs is 1. The van der Waals surface area contributed by atoms with Crippen LogP contribution in [-0.2, 0) is 12.8 Å². The Morgan fingerprint density at radius 1 is 1.00 bits per heavy atom. The highest BCUT2D eigenvalue weighted by atomic mass is 19.1. The number of carbonyl (C=O) groups excluding carboxylic acids is 1. The minimum Gasteiger partial charge on any atom is -0.427 e. The van der Waals surface area contributed by atoms with E-state index in [0.29, 0.717) is 23.3 Å². The molecule has 0 N–H and O–H groups in total. The average molecular weight is 396 g/mol. The molecule has 0 unspecified atom stereocenters. The molecule has 0 aliphatic rings. The van der Waals surface area contributed by atoms with Crippen LogP contribution in [-0.4, -0.2) is 5.97 Å². The van der Waals surface area contributed by atoms with E-state index in [0.717, 1.165) is 37.7 Å². The van der Waals surface area contributed by atoms with Crippen LogP contribution in [0.1, 0.15) is 61.2 Å². The number of hydrogen-bond acceptors (Lipinski definition) is 4. The molecule has 0 saturated heterocycles. The van der Waals surface area contributed by atoms with Crippen LogP contribution >= 0.6 is 0 Å². The summed E-state index contributed by atoms with van der Waals surface area (Å²) in [6, 6.07) is 11.7. The van der Waals surface area contributed by atoms with Gasteiger partial charge < -0.3 is 9.15 Å². The number of carbonyl (C=O) groups is 1. The first-order valence-electron chi connectivity index (χ1n) is 10.1. The molecule has 0 atom stereocenters. The van der Waals surface area contributed by atoms with Crippen LogP contribution in [0.4, 0.5) is 4.39 Å². The fourth-order valence-corrected chi connectivity index (χ4v) is 3.30. The van der Waals surface area contributed by atoms with Gasteiger partial charge in [0.2, 0.25) is 0 Å². The number of hydrogen-bond donors (Lipinski definition) is 0. The van der Waals surface area contributed by atoms with Crippen LogP contribution in [0.15, 0.2) is 51.7 Å². The predicted molar refractivity (Wildman–Crippen MR) is 111 cm³/mol. The first-order valence-corrected chi connectivity index (χ1v) is 10.1. The van der Waals surface area contributed by atoms with Gasteiger partial charge >= 0.3 is 11.6 Å². The van der Waals surface area contributed by atoms with Crippen molar-refractivity contribution in [1.29, 1.82) is 0 Å². The van der Waals surface area contributed by atoms with Crippen LogP contribution in [0, 0.1) is 5.82 Å². The van der Waals surface area contributed by atoms with Crippen molar-refractivity contribution in [2.45, 2.75) is 52.4 Å². The van der Waals surface area contributed by atoms with E-state index in [-0.39, 0.29) is 10.9 Å². The lowest BCUT2D eigenvalue weighted by Crippen LogP contribution is -2.13. The molecular weight excluding hydrogens is 371 g/mol. The van der Waals surface area contributed by atoms with Crippen LogP contribution in [0.3, 0.4) is 0 Å². The highest BCUT2D eigenvalue weighted by Crippen LogP contribution is 2.22. The molecule has 1 heterocycles. The summed E-state index contributed by atoms with van der Waals surface area (Å²) < 4.78 is 25.5. The molecular formula is C24H25FO4. The van der Waals surface area contributed by atoms with Gasteiger partial charge in [0, 0.05) is 6.42 Å². The Hall–Kier alpha value is -2.95. The number of aryl methyl sites for hydroxylation is 2. The van der Waals surface area contributed by atoms with E-state index in [2.05, 4.69) is 13.8 Å². The molecule has 0 aliphatic heterocycles. The second-order valence-electron chi connectivity index (χ2n) is 7.13. The molecule has 0 amide bonds. The van der Waals surface area contributed by atoms with Crippen LogP contribution < -0.4 is 10.4 Å². The summed E-state index contributed by atoms with van der Waals surface area (Å²) in [6.07, 6.45) is 5.56. The monoisotopic (exact) mass is 396 g/mol. The normalized spacial score (nSPS) is 11.0. The van der Waals surface area contributed by atoms with Gasteiger partial charge in [-0.05, 0) is 48.1 Å². The summed E-state index contributed by atoms with van der Waals surface area (Å²) in [4.78, 5) is 24.8. The molecule has 0 spiro atoms. The van der Waals surface area contributed by atoms with Crippen molar-refractivity contribution in [1.82, 2.24) is 0 Å². The van der Waals surface area contributed by atoms with Crippen LogP contribution in [0.5, 0.6) is 5.75 Å². The number of rotatable bonds is 8. The van der Waals surface area contributed by atoms with Gasteiger partial charge in [0.1, 0.15) is 16.9 Å². The van der Waals surface area contributed by atoms with E-state index in [9.17, 15) is 14.0 Å². The maximum atomic E-state index is 14.9. The maximum Gasteiger partial charge on any atom is 0.346 e. The zero-order valence-corrected chi connectivity index (χ0v) is 16.8. The minimum atomic E-state index is -0.913. The fourth-order valence-electron chi connectivity index (χ4n) is 3.30. The van der Waals surface area contributed by atoms with Gasteiger partial charge in [0.05, 0.1) is 5.56 Å². The Kier molecular flexibility index (Phi) is 6.81. The molecule has 1 aromatic heterocycles. The standard InChI is InChI=1S/C24H25FO4/c1-3-5-6-8-19-15-17-11-14-20(22(25)21(17)24(27)29-19)23(26)28-18-12-9-16(7-4-2)10-13-18/h9-15H,3-8H2,1-2H3. The molecule has 3 rings (SSSR count). The van der Waals surface area contributed by atoms with Crippen molar-refractivity contribution in [3.8, 4) is 5.75 Å². The maximum absolute atomic E-state index is 14.9. The Morgan fingerprint density at radius 3 is 2.45 bits per heavy atom. The lowest BCUT2D eigenvalue weighted by atomic mass is 10.1. The number of ether oxygens (including phenoxy) is 1. The Balaban J connectivity index is 1.84. The van der Waals surface area contributed by atoms with E-state index in [4.69, 9.17) is 9.15 Å². The van der Waals surface area contributed by atoms with Crippen molar-refractivity contribution in [3.63, 3.8) is 0 Å². The summed E-state index contributed by atoms with van der Waals surface area (Å²) >= 11 is 0. The fraction of sp³-hybridized carbons (Fsp3) is 0.333. The van der Waals surface area contributed by atoms with Crippen molar-refractivity contribution < 1.29 is 18.3 Å². The Bertz CT molecular complexity index is 1050. The highest BCUT2D eigenvalue weighted by Gasteiger charge is 2.20. The van der Waals surface area contributed by atoms with E-state index in [1.54, 1.807) is 24.3 Å². The quantitative estimate of drug-likeness (QED) is 0.273. The van der Waals surface area contributed by atoms with E-state index in [1.807, 2.05) is 12.1 Å². The SMILES string of the molecule is CCCCCc1cc2ccc(C(=O)Oc3ccc(CCC)cc3)c(F)c2c(=O)o1. The number of esters is 1. The summed E-state index contributed by atoms with van der Waals surface area (Å²) in [5, 5.41) is 0.197. The largest absolute Gasteiger partial charge is 0.427 e. The number of halogens is 1. The summed E-state index contributed by atoms with van der Waals surface area (Å²) in [6.45, 7) is 4.17. The molecule has 29 heavy (non-hydrogen) atoms. The van der Waals surface area contributed by atoms with E-state index >= 15 is 0 Å². The third-order valence-corrected chi connectivity index (χ3v) is 4.84. The molecule has 3 aromatic rings. The molecule has 152 valence electrons. The molecule has 0 radical (unpaired) electrons. The zero-order valence-electron chi connectivity index (χ0n) is 16.8. The predicted octanol–water partition coefficient (Wildman–Crippen LogP) is 5.84. The third kappa shape index (κ3) is 4.91. The molecule has 4 nitrogen and oxygen atoms in total. The first-order chi connectivity index (χ1) is 14.0. The number of unbranched alkanes of at least 4 members (excludes halogenated alkanes) is 2. The summed E-state index contributed by atoms with van der Waals surface area (Å²) in [5.41, 5.74) is 0.0720. The summed E-state index contributed by atoms with van der Waals surface area (Å²) in [5.74, 6) is -0.909. The van der Waals surface area contributed by atoms with Gasteiger partial charge in [0.15, 0.2) is 5.82 Å². The average Bonchev–Trinajstić information content (AvgIpc) is 2.70.